The van der Waals surface area contributed by atoms with Gasteiger partial charge in [-0.1, -0.05) is 36.7 Å². The lowest BCUT2D eigenvalue weighted by atomic mass is 10.1. The minimum atomic E-state index is -0.384. The minimum Gasteiger partial charge on any atom is -0.495 e. The van der Waals surface area contributed by atoms with E-state index < -0.39 is 0 Å². The van der Waals surface area contributed by atoms with Crippen LogP contribution in [0.5, 0.6) is 5.75 Å². The molecule has 6 nitrogen and oxygen atoms in total. The molecular weight excluding hydrogens is 364 g/mol. The van der Waals surface area contributed by atoms with Gasteiger partial charge in [0.2, 0.25) is 0 Å². The average molecular weight is 383 g/mol. The first-order chi connectivity index (χ1) is 13.1. The number of aryl methyl sites for hydroxylation is 1. The molecule has 0 radical (unpaired) electrons. The molecule has 0 fully saturated rings. The topological polar surface area (TPSA) is 76.1 Å². The third kappa shape index (κ3) is 4.54. The van der Waals surface area contributed by atoms with E-state index >= 15 is 0 Å². The number of para-hydroxylation sites is 1. The summed E-state index contributed by atoms with van der Waals surface area (Å²) in [4.78, 5) is 20.9. The Morgan fingerprint density at radius 3 is 2.70 bits per heavy atom. The molecule has 3 aromatic rings. The molecule has 1 heterocycles. The van der Waals surface area contributed by atoms with Crippen molar-refractivity contribution in [1.82, 2.24) is 9.97 Å². The summed E-state index contributed by atoms with van der Waals surface area (Å²) in [5, 5.41) is 6.50. The summed E-state index contributed by atoms with van der Waals surface area (Å²) in [5.41, 5.74) is 2.80. The SMILES string of the molecule is CCc1ccccc1Nc1cc(C(=O)Nc2cc(Cl)ccc2OC)ncn1. The van der Waals surface area contributed by atoms with Gasteiger partial charge in [0.05, 0.1) is 12.8 Å². The van der Waals surface area contributed by atoms with Crippen LogP contribution in [0.1, 0.15) is 23.0 Å². The number of rotatable bonds is 6. The van der Waals surface area contributed by atoms with Gasteiger partial charge in [0.1, 0.15) is 23.6 Å². The molecular formula is C20H19ClN4O2. The first kappa shape index (κ1) is 18.7. The summed E-state index contributed by atoms with van der Waals surface area (Å²) in [5.74, 6) is 0.663. The highest BCUT2D eigenvalue weighted by Gasteiger charge is 2.13. The van der Waals surface area contributed by atoms with Crippen molar-refractivity contribution in [2.24, 2.45) is 0 Å². The van der Waals surface area contributed by atoms with E-state index in [1.165, 1.54) is 13.4 Å². The van der Waals surface area contributed by atoms with Gasteiger partial charge in [-0.05, 0) is 36.2 Å². The smallest absolute Gasteiger partial charge is 0.274 e. The zero-order chi connectivity index (χ0) is 19.2. The molecule has 27 heavy (non-hydrogen) atoms. The minimum absolute atomic E-state index is 0.225. The van der Waals surface area contributed by atoms with Crippen LogP contribution >= 0.6 is 11.6 Å². The molecule has 2 aromatic carbocycles. The van der Waals surface area contributed by atoms with Gasteiger partial charge >= 0.3 is 0 Å². The summed E-state index contributed by atoms with van der Waals surface area (Å²) in [6, 6.07) is 14.5. The second-order valence-electron chi connectivity index (χ2n) is 5.72. The summed E-state index contributed by atoms with van der Waals surface area (Å²) in [7, 11) is 1.52. The molecule has 0 aliphatic rings. The van der Waals surface area contributed by atoms with E-state index in [9.17, 15) is 4.79 Å². The molecule has 3 rings (SSSR count). The molecule has 0 unspecified atom stereocenters. The van der Waals surface area contributed by atoms with E-state index in [0.717, 1.165) is 17.7 Å². The van der Waals surface area contributed by atoms with Crippen molar-refractivity contribution in [3.8, 4) is 5.75 Å². The van der Waals surface area contributed by atoms with E-state index in [1.807, 2.05) is 24.3 Å². The number of hydrogen-bond acceptors (Lipinski definition) is 5. The zero-order valence-electron chi connectivity index (χ0n) is 15.0. The van der Waals surface area contributed by atoms with Gasteiger partial charge < -0.3 is 15.4 Å². The Morgan fingerprint density at radius 2 is 1.93 bits per heavy atom. The highest BCUT2D eigenvalue weighted by Crippen LogP contribution is 2.28. The summed E-state index contributed by atoms with van der Waals surface area (Å²) >= 11 is 6.00. The van der Waals surface area contributed by atoms with Crippen molar-refractivity contribution in [3.63, 3.8) is 0 Å². The van der Waals surface area contributed by atoms with Crippen molar-refractivity contribution >= 4 is 34.7 Å². The van der Waals surface area contributed by atoms with E-state index in [2.05, 4.69) is 27.5 Å². The van der Waals surface area contributed by atoms with Crippen LogP contribution in [0.4, 0.5) is 17.2 Å². The number of nitrogens with zero attached hydrogens (tertiary/aromatic N) is 2. The Morgan fingerprint density at radius 1 is 1.11 bits per heavy atom. The predicted octanol–water partition coefficient (Wildman–Crippen LogP) is 4.70. The second kappa shape index (κ2) is 8.51. The molecule has 1 aromatic heterocycles. The standard InChI is InChI=1S/C20H19ClN4O2/c1-3-13-6-4-5-7-15(13)24-19-11-17(22-12-23-19)20(26)25-16-10-14(21)8-9-18(16)27-2/h4-12H,3H2,1-2H3,(H,25,26)(H,22,23,24). The lowest BCUT2D eigenvalue weighted by molar-refractivity contribution is 0.102. The molecule has 138 valence electrons. The molecule has 0 bridgehead atoms. The van der Waals surface area contributed by atoms with Crippen LogP contribution in [-0.2, 0) is 6.42 Å². The fraction of sp³-hybridized carbons (Fsp3) is 0.150. The van der Waals surface area contributed by atoms with Crippen molar-refractivity contribution in [1.29, 1.82) is 0 Å². The van der Waals surface area contributed by atoms with E-state index in [0.29, 0.717) is 22.3 Å². The van der Waals surface area contributed by atoms with Crippen LogP contribution in [0.25, 0.3) is 0 Å². The summed E-state index contributed by atoms with van der Waals surface area (Å²) in [6.45, 7) is 2.08. The van der Waals surface area contributed by atoms with Gasteiger partial charge in [-0.3, -0.25) is 4.79 Å². The van der Waals surface area contributed by atoms with E-state index in [4.69, 9.17) is 16.3 Å². The molecule has 1 amide bonds. The third-order valence-corrected chi connectivity index (χ3v) is 4.21. The second-order valence-corrected chi connectivity index (χ2v) is 6.16. The maximum Gasteiger partial charge on any atom is 0.274 e. The van der Waals surface area contributed by atoms with Gasteiger partial charge in [0, 0.05) is 16.8 Å². The number of methoxy groups -OCH3 is 1. The Bertz CT molecular complexity index is 962. The number of benzene rings is 2. The van der Waals surface area contributed by atoms with Gasteiger partial charge in [-0.25, -0.2) is 9.97 Å². The highest BCUT2D eigenvalue weighted by atomic mass is 35.5. The first-order valence-electron chi connectivity index (χ1n) is 8.42. The lowest BCUT2D eigenvalue weighted by Crippen LogP contribution is -2.15. The van der Waals surface area contributed by atoms with Gasteiger partial charge in [-0.15, -0.1) is 0 Å². The molecule has 0 saturated carbocycles. The number of halogens is 1. The molecule has 0 atom stereocenters. The molecule has 0 spiro atoms. The van der Waals surface area contributed by atoms with Gasteiger partial charge in [-0.2, -0.15) is 0 Å². The summed E-state index contributed by atoms with van der Waals surface area (Å²) in [6.07, 6.45) is 2.23. The number of hydrogen-bond donors (Lipinski definition) is 2. The first-order valence-corrected chi connectivity index (χ1v) is 8.80. The fourth-order valence-corrected chi connectivity index (χ4v) is 2.77. The van der Waals surface area contributed by atoms with Crippen molar-refractivity contribution < 1.29 is 9.53 Å². The monoisotopic (exact) mass is 382 g/mol. The Labute approximate surface area is 162 Å². The molecule has 7 heteroatoms. The van der Waals surface area contributed by atoms with Gasteiger partial charge in [0.25, 0.3) is 5.91 Å². The van der Waals surface area contributed by atoms with Gasteiger partial charge in [0.15, 0.2) is 0 Å². The average Bonchev–Trinajstić information content (AvgIpc) is 2.69. The van der Waals surface area contributed by atoms with Crippen LogP contribution in [0, 0.1) is 0 Å². The van der Waals surface area contributed by atoms with Crippen molar-refractivity contribution in [2.75, 3.05) is 17.7 Å². The number of carbonyl (C=O) groups is 1. The van der Waals surface area contributed by atoms with Crippen molar-refractivity contribution in [2.45, 2.75) is 13.3 Å². The number of carbonyl (C=O) groups excluding carboxylic acids is 1. The normalized spacial score (nSPS) is 10.3. The quantitative estimate of drug-likeness (QED) is 0.646. The Kier molecular flexibility index (Phi) is 5.88. The molecule has 0 aliphatic carbocycles. The van der Waals surface area contributed by atoms with Crippen LogP contribution in [-0.4, -0.2) is 23.0 Å². The van der Waals surface area contributed by atoms with Crippen molar-refractivity contribution in [3.05, 3.63) is 71.1 Å². The van der Waals surface area contributed by atoms with E-state index in [-0.39, 0.29) is 11.6 Å². The number of nitrogens with one attached hydrogen (secondary N) is 2. The third-order valence-electron chi connectivity index (χ3n) is 3.97. The maximum absolute atomic E-state index is 12.6. The Balaban J connectivity index is 1.81. The fourth-order valence-electron chi connectivity index (χ4n) is 2.60. The number of ether oxygens (including phenoxy) is 1. The number of amides is 1. The summed E-state index contributed by atoms with van der Waals surface area (Å²) < 4.78 is 5.25. The van der Waals surface area contributed by atoms with Crippen LogP contribution in [0.2, 0.25) is 5.02 Å². The van der Waals surface area contributed by atoms with Crippen LogP contribution in [0.15, 0.2) is 54.9 Å². The number of anilines is 3. The molecule has 0 saturated heterocycles. The largest absolute Gasteiger partial charge is 0.495 e. The Hall–Kier alpha value is -3.12. The zero-order valence-corrected chi connectivity index (χ0v) is 15.7. The molecule has 0 aliphatic heterocycles. The van der Waals surface area contributed by atoms with Crippen LogP contribution in [0.3, 0.4) is 0 Å². The van der Waals surface area contributed by atoms with E-state index in [1.54, 1.807) is 24.3 Å². The van der Waals surface area contributed by atoms with Crippen LogP contribution < -0.4 is 15.4 Å². The lowest BCUT2D eigenvalue weighted by Gasteiger charge is -2.12. The number of aromatic nitrogens is 2. The predicted molar refractivity (Wildman–Crippen MR) is 107 cm³/mol. The molecule has 2 N–H and O–H groups in total. The maximum atomic E-state index is 12.6. The highest BCUT2D eigenvalue weighted by molar-refractivity contribution is 6.31.